The Bertz CT molecular complexity index is 1020. The van der Waals surface area contributed by atoms with Gasteiger partial charge in [0.15, 0.2) is 11.5 Å². The third-order valence-electron chi connectivity index (χ3n) is 4.99. The van der Waals surface area contributed by atoms with Crippen molar-refractivity contribution in [2.75, 3.05) is 53.8 Å². The molecule has 1 aliphatic rings. The van der Waals surface area contributed by atoms with Crippen LogP contribution in [0.1, 0.15) is 0 Å². The predicted octanol–water partition coefficient (Wildman–Crippen LogP) is 2.77. The second kappa shape index (κ2) is 10.1. The van der Waals surface area contributed by atoms with Gasteiger partial charge in [-0.05, 0) is 35.4 Å². The van der Waals surface area contributed by atoms with E-state index in [4.69, 9.17) is 28.4 Å². The Morgan fingerprint density at radius 1 is 0.844 bits per heavy atom. The summed E-state index contributed by atoms with van der Waals surface area (Å²) >= 11 is 0. The highest BCUT2D eigenvalue weighted by atomic mass is 16.5. The number of carbonyl (C=O) groups excluding carboxylic acids is 2. The zero-order chi connectivity index (χ0) is 23.3. The zero-order valence-corrected chi connectivity index (χ0v) is 18.6. The Labute approximate surface area is 186 Å². The summed E-state index contributed by atoms with van der Waals surface area (Å²) in [7, 11) is 7.13. The van der Waals surface area contributed by atoms with E-state index in [0.29, 0.717) is 22.9 Å². The van der Waals surface area contributed by atoms with Gasteiger partial charge < -0.3 is 33.3 Å². The fourth-order valence-corrected chi connectivity index (χ4v) is 3.45. The number of benzene rings is 2. The summed E-state index contributed by atoms with van der Waals surface area (Å²) in [5, 5.41) is 0. The minimum atomic E-state index is -0.660. The Kier molecular flexibility index (Phi) is 7.21. The van der Waals surface area contributed by atoms with Crippen molar-refractivity contribution in [3.63, 3.8) is 0 Å². The van der Waals surface area contributed by atoms with Crippen molar-refractivity contribution in [3.05, 3.63) is 47.7 Å². The Morgan fingerprint density at radius 2 is 1.50 bits per heavy atom. The van der Waals surface area contributed by atoms with E-state index in [0.717, 1.165) is 11.1 Å². The lowest BCUT2D eigenvalue weighted by Crippen LogP contribution is -2.38. The van der Waals surface area contributed by atoms with Gasteiger partial charge in [0.1, 0.15) is 12.4 Å². The summed E-state index contributed by atoms with van der Waals surface area (Å²) in [6, 6.07) is 11.0. The number of nitrogens with zero attached hydrogens (tertiary/aromatic N) is 1. The molecule has 0 saturated heterocycles. The fourth-order valence-electron chi connectivity index (χ4n) is 3.45. The van der Waals surface area contributed by atoms with Crippen LogP contribution in [0.2, 0.25) is 0 Å². The number of ether oxygens (including phenoxy) is 6. The molecule has 0 radical (unpaired) electrons. The second-order valence-corrected chi connectivity index (χ2v) is 6.68. The first-order valence-corrected chi connectivity index (χ1v) is 9.64. The molecule has 0 aliphatic carbocycles. The third kappa shape index (κ3) is 4.33. The van der Waals surface area contributed by atoms with Crippen LogP contribution in [0.3, 0.4) is 0 Å². The number of esters is 2. The van der Waals surface area contributed by atoms with Gasteiger partial charge in [0.05, 0.1) is 47.7 Å². The van der Waals surface area contributed by atoms with Gasteiger partial charge >= 0.3 is 11.9 Å². The van der Waals surface area contributed by atoms with Gasteiger partial charge in [0.25, 0.3) is 0 Å². The molecule has 0 N–H and O–H groups in total. The first-order chi connectivity index (χ1) is 15.5. The molecule has 9 nitrogen and oxygen atoms in total. The van der Waals surface area contributed by atoms with Gasteiger partial charge in [0.2, 0.25) is 5.75 Å². The van der Waals surface area contributed by atoms with Gasteiger partial charge in [0, 0.05) is 5.69 Å². The van der Waals surface area contributed by atoms with Gasteiger partial charge in [-0.1, -0.05) is 12.1 Å². The van der Waals surface area contributed by atoms with Crippen molar-refractivity contribution >= 4 is 17.6 Å². The molecule has 0 amide bonds. The van der Waals surface area contributed by atoms with E-state index < -0.39 is 11.9 Å². The molecule has 2 aromatic rings. The third-order valence-corrected chi connectivity index (χ3v) is 4.99. The zero-order valence-electron chi connectivity index (χ0n) is 18.6. The maximum atomic E-state index is 12.5. The molecule has 0 fully saturated rings. The number of carbonyl (C=O) groups is 2. The van der Waals surface area contributed by atoms with Crippen molar-refractivity contribution in [1.29, 1.82) is 0 Å². The first kappa shape index (κ1) is 23.0. The van der Waals surface area contributed by atoms with Crippen molar-refractivity contribution < 1.29 is 38.0 Å². The van der Waals surface area contributed by atoms with Gasteiger partial charge in [-0.15, -0.1) is 0 Å². The number of rotatable bonds is 7. The molecule has 2 aromatic carbocycles. The standard InChI is InChI=1S/C23H25NO8/c1-27-18-10-15(11-19(28-2)21(18)29-3)14-7-6-8-16(9-14)24-13-32-12-17(22(25)30-4)20(24)23(26)31-5/h6-11H,12-13H2,1-5H3. The molecule has 0 saturated carbocycles. The lowest BCUT2D eigenvalue weighted by atomic mass is 10.0. The van der Waals surface area contributed by atoms with E-state index >= 15 is 0 Å². The van der Waals surface area contributed by atoms with Crippen LogP contribution < -0.4 is 19.1 Å². The average Bonchev–Trinajstić information content (AvgIpc) is 2.86. The summed E-state index contributed by atoms with van der Waals surface area (Å²) in [4.78, 5) is 26.3. The predicted molar refractivity (Wildman–Crippen MR) is 116 cm³/mol. The molecule has 3 rings (SSSR count). The van der Waals surface area contributed by atoms with E-state index in [9.17, 15) is 9.59 Å². The molecule has 1 aliphatic heterocycles. The molecular formula is C23H25NO8. The highest BCUT2D eigenvalue weighted by Gasteiger charge is 2.32. The van der Waals surface area contributed by atoms with Crippen LogP contribution in [0.5, 0.6) is 17.2 Å². The Balaban J connectivity index is 2.11. The van der Waals surface area contributed by atoms with E-state index in [1.165, 1.54) is 21.3 Å². The van der Waals surface area contributed by atoms with Crippen LogP contribution in [0, 0.1) is 0 Å². The molecule has 0 aromatic heterocycles. The number of methoxy groups -OCH3 is 5. The van der Waals surface area contributed by atoms with Crippen LogP contribution in [-0.4, -0.2) is 60.8 Å². The van der Waals surface area contributed by atoms with Crippen molar-refractivity contribution in [1.82, 2.24) is 0 Å². The lowest BCUT2D eigenvalue weighted by Gasteiger charge is -2.31. The first-order valence-electron chi connectivity index (χ1n) is 9.64. The van der Waals surface area contributed by atoms with Crippen LogP contribution in [0.25, 0.3) is 11.1 Å². The van der Waals surface area contributed by atoms with Crippen LogP contribution >= 0.6 is 0 Å². The summed E-state index contributed by atoms with van der Waals surface area (Å²) in [6.07, 6.45) is 0. The molecule has 1 heterocycles. The molecule has 9 heteroatoms. The molecular weight excluding hydrogens is 418 g/mol. The van der Waals surface area contributed by atoms with Gasteiger partial charge in [-0.3, -0.25) is 0 Å². The van der Waals surface area contributed by atoms with Crippen molar-refractivity contribution in [2.24, 2.45) is 0 Å². The minimum Gasteiger partial charge on any atom is -0.493 e. The Hall–Kier alpha value is -3.72. The average molecular weight is 443 g/mol. The number of hydrogen-bond acceptors (Lipinski definition) is 9. The number of hydrogen-bond donors (Lipinski definition) is 0. The SMILES string of the molecule is COC(=O)C1=C(C(=O)OC)N(c2cccc(-c3cc(OC)c(OC)c(OC)c3)c2)COC1. The highest BCUT2D eigenvalue weighted by molar-refractivity contribution is 6.03. The molecule has 32 heavy (non-hydrogen) atoms. The summed E-state index contributed by atoms with van der Waals surface area (Å²) in [6.45, 7) is 0.00378. The molecule has 0 unspecified atom stereocenters. The quantitative estimate of drug-likeness (QED) is 0.599. The smallest absolute Gasteiger partial charge is 0.355 e. The van der Waals surface area contributed by atoms with Crippen LogP contribution in [-0.2, 0) is 23.8 Å². The van der Waals surface area contributed by atoms with E-state index in [-0.39, 0.29) is 24.6 Å². The molecule has 170 valence electrons. The van der Waals surface area contributed by atoms with Crippen molar-refractivity contribution in [2.45, 2.75) is 0 Å². The van der Waals surface area contributed by atoms with Crippen molar-refractivity contribution in [3.8, 4) is 28.4 Å². The van der Waals surface area contributed by atoms with Gasteiger partial charge in [-0.25, -0.2) is 9.59 Å². The fraction of sp³-hybridized carbons (Fsp3) is 0.304. The maximum Gasteiger partial charge on any atom is 0.355 e. The normalized spacial score (nSPS) is 13.5. The second-order valence-electron chi connectivity index (χ2n) is 6.68. The minimum absolute atomic E-state index is 0.0554. The monoisotopic (exact) mass is 443 g/mol. The van der Waals surface area contributed by atoms with E-state index in [1.807, 2.05) is 30.3 Å². The maximum absolute atomic E-state index is 12.5. The highest BCUT2D eigenvalue weighted by Crippen LogP contribution is 2.42. The summed E-state index contributed by atoms with van der Waals surface area (Å²) in [5.74, 6) is 0.189. The molecule has 0 atom stereocenters. The van der Waals surface area contributed by atoms with Gasteiger partial charge in [-0.2, -0.15) is 0 Å². The van der Waals surface area contributed by atoms with Crippen LogP contribution in [0.4, 0.5) is 5.69 Å². The van der Waals surface area contributed by atoms with E-state index in [2.05, 4.69) is 0 Å². The summed E-state index contributed by atoms with van der Waals surface area (Å²) < 4.78 is 31.6. The Morgan fingerprint density at radius 3 is 2.06 bits per heavy atom. The largest absolute Gasteiger partial charge is 0.493 e. The molecule has 0 bridgehead atoms. The summed E-state index contributed by atoms with van der Waals surface area (Å²) in [5.41, 5.74) is 2.40. The lowest BCUT2D eigenvalue weighted by molar-refractivity contribution is -0.140. The topological polar surface area (TPSA) is 92.8 Å². The van der Waals surface area contributed by atoms with E-state index in [1.54, 1.807) is 25.2 Å². The molecule has 0 spiro atoms. The van der Waals surface area contributed by atoms with Crippen LogP contribution in [0.15, 0.2) is 47.7 Å². The number of anilines is 1.